The SMILES string of the molecule is CCCn1c(N)c(C(=O)CSc2ccccc2Cl)c(=O)n(C)c1=O. The highest BCUT2D eigenvalue weighted by atomic mass is 35.5. The van der Waals surface area contributed by atoms with Gasteiger partial charge in [0.05, 0.1) is 10.8 Å². The molecule has 0 atom stereocenters. The predicted octanol–water partition coefficient (Wildman–Crippen LogP) is 2.17. The Morgan fingerprint density at radius 2 is 1.96 bits per heavy atom. The molecule has 0 spiro atoms. The molecule has 2 N–H and O–H groups in total. The Balaban J connectivity index is 2.37. The molecule has 0 saturated heterocycles. The maximum absolute atomic E-state index is 12.5. The number of nitrogens with zero attached hydrogens (tertiary/aromatic N) is 2. The van der Waals surface area contributed by atoms with Crippen LogP contribution in [0.4, 0.5) is 5.82 Å². The van der Waals surface area contributed by atoms with Gasteiger partial charge in [-0.2, -0.15) is 0 Å². The average molecular weight is 368 g/mol. The predicted molar refractivity (Wildman–Crippen MR) is 97.2 cm³/mol. The van der Waals surface area contributed by atoms with Crippen molar-refractivity contribution in [3.05, 3.63) is 55.7 Å². The lowest BCUT2D eigenvalue weighted by Crippen LogP contribution is -2.42. The highest BCUT2D eigenvalue weighted by Crippen LogP contribution is 2.27. The van der Waals surface area contributed by atoms with E-state index in [4.69, 9.17) is 17.3 Å². The van der Waals surface area contributed by atoms with Crippen LogP contribution in [0, 0.1) is 0 Å². The van der Waals surface area contributed by atoms with Crippen molar-refractivity contribution in [2.45, 2.75) is 24.8 Å². The van der Waals surface area contributed by atoms with Crippen LogP contribution in [0.25, 0.3) is 0 Å². The number of thioether (sulfide) groups is 1. The lowest BCUT2D eigenvalue weighted by Gasteiger charge is -2.13. The van der Waals surface area contributed by atoms with E-state index < -0.39 is 17.0 Å². The lowest BCUT2D eigenvalue weighted by molar-refractivity contribution is 0.102. The number of nitrogens with two attached hydrogens (primary N) is 1. The fourth-order valence-electron chi connectivity index (χ4n) is 2.26. The van der Waals surface area contributed by atoms with Crippen molar-refractivity contribution in [1.29, 1.82) is 0 Å². The van der Waals surface area contributed by atoms with Crippen LogP contribution in [-0.2, 0) is 13.6 Å². The molecule has 0 aliphatic heterocycles. The molecule has 1 heterocycles. The number of hydrogen-bond acceptors (Lipinski definition) is 5. The highest BCUT2D eigenvalue weighted by Gasteiger charge is 2.21. The van der Waals surface area contributed by atoms with Gasteiger partial charge in [0.25, 0.3) is 5.56 Å². The van der Waals surface area contributed by atoms with Crippen molar-refractivity contribution < 1.29 is 4.79 Å². The minimum absolute atomic E-state index is 0.00744. The monoisotopic (exact) mass is 367 g/mol. The van der Waals surface area contributed by atoms with Gasteiger partial charge in [0, 0.05) is 18.5 Å². The van der Waals surface area contributed by atoms with Crippen LogP contribution in [-0.4, -0.2) is 20.7 Å². The van der Waals surface area contributed by atoms with Gasteiger partial charge in [0.15, 0.2) is 5.78 Å². The van der Waals surface area contributed by atoms with E-state index in [1.54, 1.807) is 18.2 Å². The van der Waals surface area contributed by atoms with Gasteiger partial charge in [-0.15, -0.1) is 11.8 Å². The van der Waals surface area contributed by atoms with Crippen LogP contribution < -0.4 is 17.0 Å². The molecule has 0 amide bonds. The fourth-order valence-corrected chi connectivity index (χ4v) is 3.37. The molecule has 0 radical (unpaired) electrons. The minimum Gasteiger partial charge on any atom is -0.384 e. The van der Waals surface area contributed by atoms with E-state index in [2.05, 4.69) is 0 Å². The van der Waals surface area contributed by atoms with Crippen LogP contribution in [0.5, 0.6) is 0 Å². The summed E-state index contributed by atoms with van der Waals surface area (Å²) in [5.74, 6) is -0.495. The largest absolute Gasteiger partial charge is 0.384 e. The summed E-state index contributed by atoms with van der Waals surface area (Å²) in [5.41, 5.74) is 4.59. The number of hydrogen-bond donors (Lipinski definition) is 1. The zero-order valence-electron chi connectivity index (χ0n) is 13.4. The molecule has 1 aromatic heterocycles. The molecule has 128 valence electrons. The zero-order valence-corrected chi connectivity index (χ0v) is 15.0. The number of aromatic nitrogens is 2. The molecule has 6 nitrogen and oxygen atoms in total. The van der Waals surface area contributed by atoms with Gasteiger partial charge in [-0.05, 0) is 18.6 Å². The molecule has 0 fully saturated rings. The third-order valence-corrected chi connectivity index (χ3v) is 5.02. The van der Waals surface area contributed by atoms with Gasteiger partial charge in [-0.25, -0.2) is 4.79 Å². The van der Waals surface area contributed by atoms with Crippen LogP contribution in [0.3, 0.4) is 0 Å². The number of anilines is 1. The Labute approximate surface area is 148 Å². The Morgan fingerprint density at radius 3 is 2.58 bits per heavy atom. The number of ketones is 1. The second-order valence-corrected chi connectivity index (χ2v) is 6.63. The van der Waals surface area contributed by atoms with Crippen LogP contribution in [0.15, 0.2) is 38.8 Å². The number of rotatable bonds is 6. The van der Waals surface area contributed by atoms with E-state index >= 15 is 0 Å². The molecular weight excluding hydrogens is 350 g/mol. The summed E-state index contributed by atoms with van der Waals surface area (Å²) in [5, 5.41) is 0.534. The number of carbonyl (C=O) groups is 1. The molecule has 0 aliphatic carbocycles. The standard InChI is InChI=1S/C16H18ClN3O3S/c1-3-8-20-14(18)13(15(22)19(2)16(20)23)11(21)9-24-12-7-5-4-6-10(12)17/h4-7H,3,8-9,18H2,1-2H3. The summed E-state index contributed by atoms with van der Waals surface area (Å²) >= 11 is 7.28. The summed E-state index contributed by atoms with van der Waals surface area (Å²) in [4.78, 5) is 37.7. The smallest absolute Gasteiger partial charge is 0.332 e. The Bertz CT molecular complexity index is 889. The number of nitrogen functional groups attached to an aromatic ring is 1. The van der Waals surface area contributed by atoms with Crippen LogP contribution in [0.2, 0.25) is 5.02 Å². The first-order valence-corrected chi connectivity index (χ1v) is 8.74. The molecule has 0 unspecified atom stereocenters. The van der Waals surface area contributed by atoms with Gasteiger partial charge < -0.3 is 5.73 Å². The van der Waals surface area contributed by atoms with Crippen molar-refractivity contribution in [2.75, 3.05) is 11.5 Å². The summed E-state index contributed by atoms with van der Waals surface area (Å²) in [6.07, 6.45) is 0.657. The molecule has 24 heavy (non-hydrogen) atoms. The Morgan fingerprint density at radius 1 is 1.29 bits per heavy atom. The van der Waals surface area contributed by atoms with E-state index in [1.807, 2.05) is 13.0 Å². The molecule has 0 bridgehead atoms. The maximum Gasteiger partial charge on any atom is 0.332 e. The normalized spacial score (nSPS) is 10.8. The number of Topliss-reactive ketones (excluding diaryl/α,β-unsaturated/α-hetero) is 1. The molecule has 0 saturated carbocycles. The molecule has 1 aromatic carbocycles. The van der Waals surface area contributed by atoms with Crippen molar-refractivity contribution in [3.63, 3.8) is 0 Å². The fraction of sp³-hybridized carbons (Fsp3) is 0.312. The minimum atomic E-state index is -0.672. The second-order valence-electron chi connectivity index (χ2n) is 5.20. The van der Waals surface area contributed by atoms with Crippen molar-refractivity contribution >= 4 is 35.0 Å². The third-order valence-electron chi connectivity index (χ3n) is 3.50. The van der Waals surface area contributed by atoms with Gasteiger partial charge >= 0.3 is 5.69 Å². The summed E-state index contributed by atoms with van der Waals surface area (Å²) < 4.78 is 2.17. The van der Waals surface area contributed by atoms with Gasteiger partial charge in [0.1, 0.15) is 11.4 Å². The summed E-state index contributed by atoms with van der Waals surface area (Å²) in [6, 6.07) is 7.12. The molecule has 2 rings (SSSR count). The molecule has 0 aliphatic rings. The van der Waals surface area contributed by atoms with Crippen molar-refractivity contribution in [2.24, 2.45) is 7.05 Å². The first-order valence-electron chi connectivity index (χ1n) is 7.38. The number of halogens is 1. The highest BCUT2D eigenvalue weighted by molar-refractivity contribution is 8.00. The van der Waals surface area contributed by atoms with Crippen LogP contribution in [0.1, 0.15) is 23.7 Å². The molecular formula is C16H18ClN3O3S. The maximum atomic E-state index is 12.5. The number of carbonyl (C=O) groups excluding carboxylic acids is 1. The average Bonchev–Trinajstić information content (AvgIpc) is 2.56. The quantitative estimate of drug-likeness (QED) is 0.624. The van der Waals surface area contributed by atoms with Gasteiger partial charge in [-0.1, -0.05) is 30.7 Å². The second kappa shape index (κ2) is 7.72. The first-order chi connectivity index (χ1) is 11.4. The van der Waals surface area contributed by atoms with Gasteiger partial charge in [-0.3, -0.25) is 18.7 Å². The van der Waals surface area contributed by atoms with Crippen LogP contribution >= 0.6 is 23.4 Å². The topological polar surface area (TPSA) is 87.1 Å². The van der Waals surface area contributed by atoms with E-state index in [-0.39, 0.29) is 17.1 Å². The lowest BCUT2D eigenvalue weighted by atomic mass is 10.2. The molecule has 2 aromatic rings. The Kier molecular flexibility index (Phi) is 5.90. The summed E-state index contributed by atoms with van der Waals surface area (Å²) in [7, 11) is 1.34. The van der Waals surface area contributed by atoms with E-state index in [1.165, 1.54) is 23.4 Å². The van der Waals surface area contributed by atoms with E-state index in [9.17, 15) is 14.4 Å². The first kappa shape index (κ1) is 18.4. The number of benzene rings is 1. The van der Waals surface area contributed by atoms with E-state index in [0.29, 0.717) is 18.0 Å². The summed E-state index contributed by atoms with van der Waals surface area (Å²) in [6.45, 7) is 2.22. The molecule has 8 heteroatoms. The van der Waals surface area contributed by atoms with Crippen molar-refractivity contribution in [1.82, 2.24) is 9.13 Å². The van der Waals surface area contributed by atoms with E-state index in [0.717, 1.165) is 9.46 Å². The van der Waals surface area contributed by atoms with Gasteiger partial charge in [0.2, 0.25) is 0 Å². The third kappa shape index (κ3) is 3.57. The zero-order chi connectivity index (χ0) is 17.9. The Hall–Kier alpha value is -1.99. The van der Waals surface area contributed by atoms with Crippen molar-refractivity contribution in [3.8, 4) is 0 Å².